The normalized spacial score (nSPS) is 12.8. The average Bonchev–Trinajstić information content (AvgIpc) is 2.18. The molecule has 72 valence electrons. The number of hydrogen-bond acceptors (Lipinski definition) is 1. The van der Waals surface area contributed by atoms with Crippen LogP contribution in [0.2, 0.25) is 0 Å². The molecule has 1 heteroatoms. The fourth-order valence-electron chi connectivity index (χ4n) is 1.34. The monoisotopic (exact) mass is 178 g/mol. The van der Waals surface area contributed by atoms with Crippen molar-refractivity contribution in [3.8, 4) is 0 Å². The maximum Gasteiger partial charge on any atom is 0.0713 e. The highest BCUT2D eigenvalue weighted by molar-refractivity contribution is 5.24. The first-order valence-corrected chi connectivity index (χ1v) is 4.85. The molecular weight excluding hydrogens is 160 g/mol. The molecule has 0 spiro atoms. The third-order valence-corrected chi connectivity index (χ3v) is 2.47. The standard InChI is InChI=1S/C12H18O/c1-4-10(2)12-7-5-11(6-8-12)9-13-3/h5-8,10H,4,9H2,1-3H3. The molecule has 1 rings (SSSR count). The topological polar surface area (TPSA) is 9.23 Å². The highest BCUT2D eigenvalue weighted by atomic mass is 16.5. The van der Waals surface area contributed by atoms with E-state index >= 15 is 0 Å². The van der Waals surface area contributed by atoms with Crippen LogP contribution in [0.5, 0.6) is 0 Å². The van der Waals surface area contributed by atoms with Crippen molar-refractivity contribution in [1.82, 2.24) is 0 Å². The third kappa shape index (κ3) is 2.85. The van der Waals surface area contributed by atoms with Gasteiger partial charge in [0.2, 0.25) is 0 Å². The Morgan fingerprint density at radius 3 is 2.31 bits per heavy atom. The van der Waals surface area contributed by atoms with Crippen molar-refractivity contribution in [2.24, 2.45) is 0 Å². The van der Waals surface area contributed by atoms with E-state index < -0.39 is 0 Å². The van der Waals surface area contributed by atoms with E-state index in [1.165, 1.54) is 17.5 Å². The summed E-state index contributed by atoms with van der Waals surface area (Å²) in [6.07, 6.45) is 1.20. The van der Waals surface area contributed by atoms with Crippen molar-refractivity contribution < 1.29 is 4.74 Å². The van der Waals surface area contributed by atoms with Crippen LogP contribution in [0.4, 0.5) is 0 Å². The predicted octanol–water partition coefficient (Wildman–Crippen LogP) is 3.35. The molecule has 0 aliphatic carbocycles. The van der Waals surface area contributed by atoms with Gasteiger partial charge in [0.1, 0.15) is 0 Å². The summed E-state index contributed by atoms with van der Waals surface area (Å²) in [5.74, 6) is 0.664. The van der Waals surface area contributed by atoms with Gasteiger partial charge in [-0.3, -0.25) is 0 Å². The Kier molecular flexibility index (Phi) is 3.97. The molecule has 0 radical (unpaired) electrons. The summed E-state index contributed by atoms with van der Waals surface area (Å²) in [5.41, 5.74) is 2.66. The van der Waals surface area contributed by atoms with E-state index in [0.29, 0.717) is 12.5 Å². The molecule has 0 fully saturated rings. The molecule has 0 bridgehead atoms. The van der Waals surface area contributed by atoms with Crippen LogP contribution in [0.15, 0.2) is 24.3 Å². The van der Waals surface area contributed by atoms with Crippen molar-refractivity contribution in [3.05, 3.63) is 35.4 Å². The lowest BCUT2D eigenvalue weighted by atomic mass is 9.98. The molecule has 13 heavy (non-hydrogen) atoms. The van der Waals surface area contributed by atoms with Crippen molar-refractivity contribution in [2.45, 2.75) is 32.8 Å². The van der Waals surface area contributed by atoms with Gasteiger partial charge >= 0.3 is 0 Å². The minimum Gasteiger partial charge on any atom is -0.380 e. The maximum atomic E-state index is 5.05. The molecule has 0 saturated heterocycles. The lowest BCUT2D eigenvalue weighted by molar-refractivity contribution is 0.185. The summed E-state index contributed by atoms with van der Waals surface area (Å²) >= 11 is 0. The first-order chi connectivity index (χ1) is 6.27. The van der Waals surface area contributed by atoms with Crippen LogP contribution < -0.4 is 0 Å². The molecule has 1 unspecified atom stereocenters. The number of hydrogen-bond donors (Lipinski definition) is 0. The van der Waals surface area contributed by atoms with Crippen molar-refractivity contribution >= 4 is 0 Å². The Bertz CT molecular complexity index is 238. The van der Waals surface area contributed by atoms with Crippen LogP contribution in [0, 0.1) is 0 Å². The van der Waals surface area contributed by atoms with E-state index in [0.717, 1.165) is 0 Å². The van der Waals surface area contributed by atoms with Crippen molar-refractivity contribution in [3.63, 3.8) is 0 Å². The quantitative estimate of drug-likeness (QED) is 0.687. The predicted molar refractivity (Wildman–Crippen MR) is 55.9 cm³/mol. The zero-order valence-corrected chi connectivity index (χ0v) is 8.71. The van der Waals surface area contributed by atoms with Gasteiger partial charge in [-0.15, -0.1) is 0 Å². The van der Waals surface area contributed by atoms with Crippen molar-refractivity contribution in [2.75, 3.05) is 7.11 Å². The van der Waals surface area contributed by atoms with Crippen LogP contribution in [0.3, 0.4) is 0 Å². The van der Waals surface area contributed by atoms with Gasteiger partial charge in [-0.05, 0) is 23.5 Å². The molecule has 1 nitrogen and oxygen atoms in total. The summed E-state index contributed by atoms with van der Waals surface area (Å²) < 4.78 is 5.05. The number of methoxy groups -OCH3 is 1. The van der Waals surface area contributed by atoms with Crippen LogP contribution in [-0.4, -0.2) is 7.11 Å². The Morgan fingerprint density at radius 2 is 1.85 bits per heavy atom. The number of benzene rings is 1. The SMILES string of the molecule is CCC(C)c1ccc(COC)cc1. The van der Waals surface area contributed by atoms with Gasteiger partial charge in [-0.1, -0.05) is 38.1 Å². The van der Waals surface area contributed by atoms with Crippen LogP contribution in [0.25, 0.3) is 0 Å². The number of rotatable bonds is 4. The van der Waals surface area contributed by atoms with E-state index in [-0.39, 0.29) is 0 Å². The summed E-state index contributed by atoms with van der Waals surface area (Å²) in [6, 6.07) is 8.68. The minimum absolute atomic E-state index is 0.664. The van der Waals surface area contributed by atoms with Gasteiger partial charge in [-0.25, -0.2) is 0 Å². The maximum absolute atomic E-state index is 5.05. The molecule has 0 amide bonds. The third-order valence-electron chi connectivity index (χ3n) is 2.47. The Hall–Kier alpha value is -0.820. The largest absolute Gasteiger partial charge is 0.380 e. The Labute approximate surface area is 80.7 Å². The highest BCUT2D eigenvalue weighted by Gasteiger charge is 2.01. The van der Waals surface area contributed by atoms with Crippen LogP contribution in [0.1, 0.15) is 37.3 Å². The smallest absolute Gasteiger partial charge is 0.0713 e. The molecule has 0 aliphatic heterocycles. The molecule has 0 aliphatic rings. The molecule has 0 saturated carbocycles. The first kappa shape index (κ1) is 10.3. The lowest BCUT2D eigenvalue weighted by Gasteiger charge is -2.09. The fourth-order valence-corrected chi connectivity index (χ4v) is 1.34. The van der Waals surface area contributed by atoms with Crippen LogP contribution in [-0.2, 0) is 11.3 Å². The van der Waals surface area contributed by atoms with E-state index in [2.05, 4.69) is 38.1 Å². The second-order valence-electron chi connectivity index (χ2n) is 3.48. The van der Waals surface area contributed by atoms with Gasteiger partial charge in [0.05, 0.1) is 6.61 Å². The zero-order chi connectivity index (χ0) is 9.68. The fraction of sp³-hybridized carbons (Fsp3) is 0.500. The van der Waals surface area contributed by atoms with Gasteiger partial charge in [-0.2, -0.15) is 0 Å². The molecular formula is C12H18O. The van der Waals surface area contributed by atoms with E-state index in [1.807, 2.05) is 0 Å². The molecule has 1 aromatic rings. The summed E-state index contributed by atoms with van der Waals surface area (Å²) in [4.78, 5) is 0. The second-order valence-corrected chi connectivity index (χ2v) is 3.48. The van der Waals surface area contributed by atoms with Crippen molar-refractivity contribution in [1.29, 1.82) is 0 Å². The van der Waals surface area contributed by atoms with Crippen LogP contribution >= 0.6 is 0 Å². The minimum atomic E-state index is 0.664. The van der Waals surface area contributed by atoms with E-state index in [1.54, 1.807) is 7.11 Å². The zero-order valence-electron chi connectivity index (χ0n) is 8.71. The van der Waals surface area contributed by atoms with E-state index in [9.17, 15) is 0 Å². The molecule has 1 atom stereocenters. The highest BCUT2D eigenvalue weighted by Crippen LogP contribution is 2.18. The molecule has 0 aromatic heterocycles. The summed E-state index contributed by atoms with van der Waals surface area (Å²) in [5, 5.41) is 0. The molecule has 0 N–H and O–H groups in total. The Morgan fingerprint density at radius 1 is 1.23 bits per heavy atom. The first-order valence-electron chi connectivity index (χ1n) is 4.85. The average molecular weight is 178 g/mol. The van der Waals surface area contributed by atoms with Gasteiger partial charge in [0, 0.05) is 7.11 Å². The van der Waals surface area contributed by atoms with Gasteiger partial charge < -0.3 is 4.74 Å². The van der Waals surface area contributed by atoms with Gasteiger partial charge in [0.25, 0.3) is 0 Å². The lowest BCUT2D eigenvalue weighted by Crippen LogP contribution is -1.92. The Balaban J connectivity index is 2.69. The molecule has 1 aromatic carbocycles. The summed E-state index contributed by atoms with van der Waals surface area (Å²) in [6.45, 7) is 5.18. The van der Waals surface area contributed by atoms with Gasteiger partial charge in [0.15, 0.2) is 0 Å². The second kappa shape index (κ2) is 5.03. The summed E-state index contributed by atoms with van der Waals surface area (Å²) in [7, 11) is 1.72. The van der Waals surface area contributed by atoms with E-state index in [4.69, 9.17) is 4.74 Å². The molecule has 0 heterocycles. The number of ether oxygens (including phenoxy) is 1.